The third-order valence-corrected chi connectivity index (χ3v) is 6.20. The van der Waals surface area contributed by atoms with Crippen LogP contribution in [0.5, 0.6) is 5.75 Å². The number of rotatable bonds is 6. The highest BCUT2D eigenvalue weighted by molar-refractivity contribution is 6.06. The fraction of sp³-hybridized carbons (Fsp3) is 0.296. The molecule has 5 nitrogen and oxygen atoms in total. The van der Waals surface area contributed by atoms with Crippen LogP contribution in [0.15, 0.2) is 54.7 Å². The molecule has 0 fully saturated rings. The monoisotopic (exact) mass is 426 g/mol. The van der Waals surface area contributed by atoms with Gasteiger partial charge in [-0.2, -0.15) is 0 Å². The van der Waals surface area contributed by atoms with Crippen LogP contribution in [0.2, 0.25) is 0 Å². The summed E-state index contributed by atoms with van der Waals surface area (Å²) in [5.41, 5.74) is 9.44. The Bertz CT molecular complexity index is 1260. The van der Waals surface area contributed by atoms with Gasteiger partial charge < -0.3 is 19.5 Å². The molecule has 164 valence electrons. The highest BCUT2D eigenvalue weighted by Gasteiger charge is 2.22. The Labute approximate surface area is 189 Å². The number of H-pyrrole nitrogens is 1. The number of hydrogen-bond donors (Lipinski definition) is 1. The Morgan fingerprint density at radius 1 is 1.06 bits per heavy atom. The third kappa shape index (κ3) is 3.63. The lowest BCUT2D eigenvalue weighted by atomic mass is 9.96. The van der Waals surface area contributed by atoms with Crippen molar-refractivity contribution in [2.75, 3.05) is 39.2 Å². The number of ether oxygens (including phenoxy) is 1. The Balaban J connectivity index is 1.72. The first kappa shape index (κ1) is 20.6. The van der Waals surface area contributed by atoms with E-state index in [1.165, 1.54) is 22.4 Å². The van der Waals surface area contributed by atoms with Crippen molar-refractivity contribution in [1.29, 1.82) is 0 Å². The van der Waals surface area contributed by atoms with E-state index in [-0.39, 0.29) is 0 Å². The third-order valence-electron chi connectivity index (χ3n) is 6.20. The maximum Gasteiger partial charge on any atom is 0.142 e. The molecule has 32 heavy (non-hydrogen) atoms. The molecule has 1 aliphatic heterocycles. The number of hydrogen-bond acceptors (Lipinski definition) is 4. The molecule has 0 amide bonds. The molecule has 5 heteroatoms. The number of nitrogens with one attached hydrogen (secondary N) is 1. The lowest BCUT2D eigenvalue weighted by Crippen LogP contribution is -2.12. The second kappa shape index (κ2) is 8.32. The van der Waals surface area contributed by atoms with Gasteiger partial charge >= 0.3 is 0 Å². The van der Waals surface area contributed by atoms with Crippen molar-refractivity contribution in [3.8, 4) is 28.1 Å². The SMILES string of the molecule is CCOc1ccnc2[nH]c(-c3ccc(CN(C)C)cc3)c(-c3ccc4c(c3)N(C)CC4)c12. The zero-order valence-electron chi connectivity index (χ0n) is 19.3. The number of fused-ring (bicyclic) bond motifs is 2. The first-order chi connectivity index (χ1) is 15.5. The van der Waals surface area contributed by atoms with Gasteiger partial charge in [0.15, 0.2) is 0 Å². The van der Waals surface area contributed by atoms with E-state index < -0.39 is 0 Å². The van der Waals surface area contributed by atoms with Crippen LogP contribution >= 0.6 is 0 Å². The minimum atomic E-state index is 0.616. The summed E-state index contributed by atoms with van der Waals surface area (Å²) in [6, 6.07) is 17.6. The minimum Gasteiger partial charge on any atom is -0.493 e. The average Bonchev–Trinajstić information content (AvgIpc) is 3.35. The van der Waals surface area contributed by atoms with Gasteiger partial charge in [-0.25, -0.2) is 4.98 Å². The summed E-state index contributed by atoms with van der Waals surface area (Å²) in [4.78, 5) is 12.8. The van der Waals surface area contributed by atoms with E-state index in [2.05, 4.69) is 83.4 Å². The molecule has 0 unspecified atom stereocenters. The number of benzene rings is 2. The molecule has 0 atom stereocenters. The normalized spacial score (nSPS) is 13.2. The molecule has 0 saturated heterocycles. The molecular formula is C27H30N4O. The van der Waals surface area contributed by atoms with Crippen molar-refractivity contribution in [2.45, 2.75) is 19.9 Å². The van der Waals surface area contributed by atoms with Gasteiger partial charge in [-0.1, -0.05) is 36.4 Å². The Morgan fingerprint density at radius 3 is 2.59 bits per heavy atom. The summed E-state index contributed by atoms with van der Waals surface area (Å²) in [6.07, 6.45) is 2.92. The second-order valence-corrected chi connectivity index (χ2v) is 8.79. The van der Waals surface area contributed by atoms with Gasteiger partial charge in [0.2, 0.25) is 0 Å². The number of anilines is 1. The van der Waals surface area contributed by atoms with E-state index in [0.717, 1.165) is 53.1 Å². The van der Waals surface area contributed by atoms with Gasteiger partial charge in [-0.3, -0.25) is 0 Å². The van der Waals surface area contributed by atoms with Gasteiger partial charge in [0, 0.05) is 37.6 Å². The Kier molecular flexibility index (Phi) is 5.35. The van der Waals surface area contributed by atoms with Crippen molar-refractivity contribution in [2.24, 2.45) is 0 Å². The van der Waals surface area contributed by atoms with Crippen LogP contribution in [-0.2, 0) is 13.0 Å². The van der Waals surface area contributed by atoms with Crippen LogP contribution < -0.4 is 9.64 Å². The maximum atomic E-state index is 6.03. The van der Waals surface area contributed by atoms with Crippen LogP contribution in [0, 0.1) is 0 Å². The minimum absolute atomic E-state index is 0.616. The lowest BCUT2D eigenvalue weighted by Gasteiger charge is -2.15. The molecule has 4 aromatic rings. The molecule has 0 aliphatic carbocycles. The fourth-order valence-electron chi connectivity index (χ4n) is 4.70. The first-order valence-electron chi connectivity index (χ1n) is 11.3. The smallest absolute Gasteiger partial charge is 0.142 e. The molecule has 1 aliphatic rings. The molecule has 3 heterocycles. The zero-order chi connectivity index (χ0) is 22.2. The highest BCUT2D eigenvalue weighted by atomic mass is 16.5. The predicted molar refractivity (Wildman–Crippen MR) is 132 cm³/mol. The summed E-state index contributed by atoms with van der Waals surface area (Å²) in [7, 11) is 6.35. The topological polar surface area (TPSA) is 44.4 Å². The molecule has 2 aromatic heterocycles. The number of pyridine rings is 1. The van der Waals surface area contributed by atoms with E-state index in [4.69, 9.17) is 4.74 Å². The average molecular weight is 427 g/mol. The number of aromatic nitrogens is 2. The Hall–Kier alpha value is -3.31. The van der Waals surface area contributed by atoms with Crippen molar-refractivity contribution < 1.29 is 4.74 Å². The van der Waals surface area contributed by atoms with Crippen LogP contribution in [0.3, 0.4) is 0 Å². The summed E-state index contributed by atoms with van der Waals surface area (Å²) < 4.78 is 6.03. The standard InChI is InChI=1S/C27H30N4O/c1-5-32-23-12-14-28-27-25(23)24(21-11-10-19-13-15-31(4)22(19)16-21)26(29-27)20-8-6-18(7-9-20)17-30(2)3/h6-12,14,16H,5,13,15,17H2,1-4H3,(H,28,29). The summed E-state index contributed by atoms with van der Waals surface area (Å²) >= 11 is 0. The van der Waals surface area contributed by atoms with Crippen molar-refractivity contribution in [3.63, 3.8) is 0 Å². The van der Waals surface area contributed by atoms with E-state index in [0.29, 0.717) is 6.61 Å². The van der Waals surface area contributed by atoms with E-state index in [1.54, 1.807) is 0 Å². The summed E-state index contributed by atoms with van der Waals surface area (Å²) in [6.45, 7) is 4.63. The van der Waals surface area contributed by atoms with Gasteiger partial charge in [-0.05, 0) is 61.8 Å². The Morgan fingerprint density at radius 2 is 1.84 bits per heavy atom. The molecule has 1 N–H and O–H groups in total. The molecule has 5 rings (SSSR count). The lowest BCUT2D eigenvalue weighted by molar-refractivity contribution is 0.344. The predicted octanol–water partition coefficient (Wildman–Crippen LogP) is 5.35. The van der Waals surface area contributed by atoms with Crippen LogP contribution in [-0.4, -0.2) is 49.2 Å². The van der Waals surface area contributed by atoms with Gasteiger partial charge in [0.05, 0.1) is 17.7 Å². The molecule has 0 saturated carbocycles. The quantitative estimate of drug-likeness (QED) is 0.451. The highest BCUT2D eigenvalue weighted by Crippen LogP contribution is 2.43. The molecule has 0 spiro atoms. The summed E-state index contributed by atoms with van der Waals surface area (Å²) in [5, 5.41) is 1.04. The van der Waals surface area contributed by atoms with Crippen LogP contribution in [0.4, 0.5) is 5.69 Å². The zero-order valence-corrected chi connectivity index (χ0v) is 19.3. The second-order valence-electron chi connectivity index (χ2n) is 8.79. The largest absolute Gasteiger partial charge is 0.493 e. The van der Waals surface area contributed by atoms with Gasteiger partial charge in [0.25, 0.3) is 0 Å². The number of nitrogens with zero attached hydrogens (tertiary/aromatic N) is 3. The molecule has 2 aromatic carbocycles. The summed E-state index contributed by atoms with van der Waals surface area (Å²) in [5.74, 6) is 0.869. The van der Waals surface area contributed by atoms with Gasteiger partial charge in [-0.15, -0.1) is 0 Å². The van der Waals surface area contributed by atoms with E-state index >= 15 is 0 Å². The molecule has 0 radical (unpaired) electrons. The molecule has 0 bridgehead atoms. The van der Waals surface area contributed by atoms with Crippen molar-refractivity contribution >= 4 is 16.7 Å². The molecular weight excluding hydrogens is 396 g/mol. The van der Waals surface area contributed by atoms with E-state index in [1.807, 2.05) is 19.2 Å². The number of aromatic amines is 1. The van der Waals surface area contributed by atoms with Crippen molar-refractivity contribution in [1.82, 2.24) is 14.9 Å². The number of likely N-dealkylation sites (N-methyl/N-ethyl adjacent to an activating group) is 1. The maximum absolute atomic E-state index is 6.03. The van der Waals surface area contributed by atoms with Gasteiger partial charge in [0.1, 0.15) is 11.4 Å². The first-order valence-corrected chi connectivity index (χ1v) is 11.3. The fourth-order valence-corrected chi connectivity index (χ4v) is 4.70. The van der Waals surface area contributed by atoms with Crippen LogP contribution in [0.25, 0.3) is 33.4 Å². The van der Waals surface area contributed by atoms with E-state index in [9.17, 15) is 0 Å². The van der Waals surface area contributed by atoms with Crippen LogP contribution in [0.1, 0.15) is 18.1 Å². The van der Waals surface area contributed by atoms with Crippen molar-refractivity contribution in [3.05, 3.63) is 65.9 Å².